The van der Waals surface area contributed by atoms with E-state index < -0.39 is 0 Å². The molecule has 1 fully saturated rings. The average molecular weight is 328 g/mol. The van der Waals surface area contributed by atoms with E-state index in [1.54, 1.807) is 17.7 Å². The van der Waals surface area contributed by atoms with Crippen LogP contribution in [0.5, 0.6) is 0 Å². The molecule has 0 N–H and O–H groups in total. The Bertz CT molecular complexity index is 830. The highest BCUT2D eigenvalue weighted by molar-refractivity contribution is 7.13. The van der Waals surface area contributed by atoms with Gasteiger partial charge in [-0.1, -0.05) is 0 Å². The van der Waals surface area contributed by atoms with Gasteiger partial charge < -0.3 is 14.4 Å². The quantitative estimate of drug-likeness (QED) is 0.723. The summed E-state index contributed by atoms with van der Waals surface area (Å²) in [5, 5.41) is 4.34. The van der Waals surface area contributed by atoms with E-state index in [1.807, 2.05) is 11.6 Å². The number of aryl methyl sites for hydroxylation is 2. The van der Waals surface area contributed by atoms with Gasteiger partial charge in [-0.2, -0.15) is 0 Å². The van der Waals surface area contributed by atoms with Crippen LogP contribution in [0.15, 0.2) is 17.9 Å². The lowest BCUT2D eigenvalue weighted by Gasteiger charge is -2.35. The smallest absolute Gasteiger partial charge is 0.185 e. The van der Waals surface area contributed by atoms with Crippen LogP contribution in [0.25, 0.3) is 11.0 Å². The van der Waals surface area contributed by atoms with Gasteiger partial charge in [0.1, 0.15) is 17.8 Å². The first-order valence-electron chi connectivity index (χ1n) is 7.83. The molecule has 0 aliphatic carbocycles. The number of rotatable bonds is 2. The predicted molar refractivity (Wildman–Crippen MR) is 94.5 cm³/mol. The number of aromatic nitrogens is 4. The third-order valence-corrected chi connectivity index (χ3v) is 5.65. The summed E-state index contributed by atoms with van der Waals surface area (Å²) >= 11 is 1.70. The molecule has 1 saturated heterocycles. The van der Waals surface area contributed by atoms with E-state index in [2.05, 4.69) is 50.2 Å². The van der Waals surface area contributed by atoms with E-state index in [0.29, 0.717) is 0 Å². The zero-order chi connectivity index (χ0) is 16.0. The van der Waals surface area contributed by atoms with E-state index in [0.717, 1.165) is 42.8 Å². The third-order valence-electron chi connectivity index (χ3n) is 4.81. The largest absolute Gasteiger partial charge is 0.352 e. The predicted octanol–water partition coefficient (Wildman–Crippen LogP) is 2.37. The fraction of sp³-hybridized carbons (Fsp3) is 0.438. The Morgan fingerprint density at radius 1 is 1.00 bits per heavy atom. The molecule has 0 bridgehead atoms. The van der Waals surface area contributed by atoms with Crippen molar-refractivity contribution in [3.8, 4) is 0 Å². The Morgan fingerprint density at radius 3 is 2.43 bits per heavy atom. The molecule has 1 aliphatic rings. The molecule has 0 unspecified atom stereocenters. The second kappa shape index (κ2) is 5.49. The molecular formula is C16H20N6S. The van der Waals surface area contributed by atoms with E-state index in [9.17, 15) is 0 Å². The van der Waals surface area contributed by atoms with Crippen LogP contribution < -0.4 is 9.80 Å². The molecule has 4 rings (SSSR count). The molecule has 7 heteroatoms. The van der Waals surface area contributed by atoms with Crippen molar-refractivity contribution in [1.29, 1.82) is 0 Å². The average Bonchev–Trinajstić information content (AvgIpc) is 3.20. The fourth-order valence-electron chi connectivity index (χ4n) is 3.27. The maximum atomic E-state index is 4.60. The van der Waals surface area contributed by atoms with Crippen LogP contribution in [-0.2, 0) is 7.05 Å². The van der Waals surface area contributed by atoms with Crippen molar-refractivity contribution in [3.63, 3.8) is 0 Å². The zero-order valence-electron chi connectivity index (χ0n) is 13.7. The second-order valence-electron chi connectivity index (χ2n) is 5.95. The number of hydrogen-bond donors (Lipinski definition) is 0. The van der Waals surface area contributed by atoms with Gasteiger partial charge in [-0.15, -0.1) is 11.3 Å². The molecule has 0 saturated carbocycles. The third kappa shape index (κ3) is 2.26. The normalized spacial score (nSPS) is 15.6. The topological polar surface area (TPSA) is 50.1 Å². The highest BCUT2D eigenvalue weighted by Crippen LogP contribution is 2.31. The molecular weight excluding hydrogens is 308 g/mol. The maximum Gasteiger partial charge on any atom is 0.185 e. The first-order chi connectivity index (χ1) is 11.2. The minimum Gasteiger partial charge on any atom is -0.352 e. The molecule has 0 radical (unpaired) electrons. The number of anilines is 2. The van der Waals surface area contributed by atoms with Gasteiger partial charge in [0.05, 0.1) is 5.39 Å². The monoisotopic (exact) mass is 328 g/mol. The van der Waals surface area contributed by atoms with Crippen LogP contribution in [0.3, 0.4) is 0 Å². The fourth-order valence-corrected chi connectivity index (χ4v) is 3.97. The van der Waals surface area contributed by atoms with Gasteiger partial charge in [0, 0.05) is 50.5 Å². The summed E-state index contributed by atoms with van der Waals surface area (Å²) in [5.74, 6) is 1.06. The second-order valence-corrected chi connectivity index (χ2v) is 6.83. The summed E-state index contributed by atoms with van der Waals surface area (Å²) < 4.78 is 2.15. The van der Waals surface area contributed by atoms with Crippen LogP contribution in [0.2, 0.25) is 0 Å². The minimum absolute atomic E-state index is 0.957. The molecule has 0 atom stereocenters. The summed E-state index contributed by atoms with van der Waals surface area (Å²) in [7, 11) is 2.07. The van der Waals surface area contributed by atoms with Crippen molar-refractivity contribution < 1.29 is 0 Å². The van der Waals surface area contributed by atoms with Crippen molar-refractivity contribution in [1.82, 2.24) is 19.5 Å². The lowest BCUT2D eigenvalue weighted by molar-refractivity contribution is 0.647. The van der Waals surface area contributed by atoms with E-state index in [-0.39, 0.29) is 0 Å². The van der Waals surface area contributed by atoms with Crippen LogP contribution in [-0.4, -0.2) is 45.7 Å². The molecule has 0 aromatic carbocycles. The molecule has 3 aromatic heterocycles. The van der Waals surface area contributed by atoms with Gasteiger partial charge >= 0.3 is 0 Å². The van der Waals surface area contributed by atoms with Crippen molar-refractivity contribution >= 4 is 33.3 Å². The Balaban J connectivity index is 1.65. The first-order valence-corrected chi connectivity index (χ1v) is 8.70. The Hall–Kier alpha value is -2.15. The Kier molecular flexibility index (Phi) is 3.45. The van der Waals surface area contributed by atoms with Gasteiger partial charge in [0.15, 0.2) is 5.13 Å². The molecule has 3 aromatic rings. The van der Waals surface area contributed by atoms with Crippen molar-refractivity contribution in [2.24, 2.45) is 7.05 Å². The molecule has 0 spiro atoms. The molecule has 23 heavy (non-hydrogen) atoms. The van der Waals surface area contributed by atoms with Crippen molar-refractivity contribution in [2.75, 3.05) is 36.0 Å². The number of thiazole rings is 1. The first kappa shape index (κ1) is 14.4. The zero-order valence-corrected chi connectivity index (χ0v) is 14.5. The van der Waals surface area contributed by atoms with Gasteiger partial charge in [0.2, 0.25) is 0 Å². The van der Waals surface area contributed by atoms with Crippen LogP contribution in [0.4, 0.5) is 10.9 Å². The maximum absolute atomic E-state index is 4.60. The van der Waals surface area contributed by atoms with E-state index in [1.165, 1.54) is 16.6 Å². The number of nitrogens with zero attached hydrogens (tertiary/aromatic N) is 6. The van der Waals surface area contributed by atoms with Crippen LogP contribution >= 0.6 is 11.3 Å². The van der Waals surface area contributed by atoms with Crippen molar-refractivity contribution in [2.45, 2.75) is 13.8 Å². The van der Waals surface area contributed by atoms with Gasteiger partial charge in [-0.25, -0.2) is 15.0 Å². The Labute approximate surface area is 139 Å². The summed E-state index contributed by atoms with van der Waals surface area (Å²) in [6, 6.07) is 0. The molecule has 6 nitrogen and oxygen atoms in total. The summed E-state index contributed by atoms with van der Waals surface area (Å²) in [4.78, 5) is 18.2. The SMILES string of the molecule is Cc1c(C)n(C)c2ncnc(N3CCN(c4nccs4)CC3)c12. The van der Waals surface area contributed by atoms with E-state index >= 15 is 0 Å². The molecule has 0 amide bonds. The Morgan fingerprint density at radius 2 is 1.74 bits per heavy atom. The van der Waals surface area contributed by atoms with Gasteiger partial charge in [-0.3, -0.25) is 0 Å². The summed E-state index contributed by atoms with van der Waals surface area (Å²) in [6.45, 7) is 8.17. The summed E-state index contributed by atoms with van der Waals surface area (Å²) in [6.07, 6.45) is 3.56. The van der Waals surface area contributed by atoms with Gasteiger partial charge in [0.25, 0.3) is 0 Å². The van der Waals surface area contributed by atoms with Gasteiger partial charge in [-0.05, 0) is 19.4 Å². The lowest BCUT2D eigenvalue weighted by Crippen LogP contribution is -2.46. The number of hydrogen-bond acceptors (Lipinski definition) is 6. The highest BCUT2D eigenvalue weighted by Gasteiger charge is 2.23. The number of fused-ring (bicyclic) bond motifs is 1. The molecule has 1 aliphatic heterocycles. The van der Waals surface area contributed by atoms with Crippen molar-refractivity contribution in [3.05, 3.63) is 29.2 Å². The van der Waals surface area contributed by atoms with Crippen LogP contribution in [0, 0.1) is 13.8 Å². The highest BCUT2D eigenvalue weighted by atomic mass is 32.1. The molecule has 120 valence electrons. The minimum atomic E-state index is 0.957. The van der Waals surface area contributed by atoms with Crippen LogP contribution in [0.1, 0.15) is 11.3 Å². The molecule has 4 heterocycles. The number of piperazine rings is 1. The standard InChI is InChI=1S/C16H20N6S/c1-11-12(2)20(3)14-13(11)15(19-10-18-14)21-5-7-22(8-6-21)16-17-4-9-23-16/h4,9-10H,5-8H2,1-3H3. The summed E-state index contributed by atoms with van der Waals surface area (Å²) in [5.41, 5.74) is 3.55. The lowest BCUT2D eigenvalue weighted by atomic mass is 10.2. The van der Waals surface area contributed by atoms with E-state index in [4.69, 9.17) is 0 Å².